The molecule has 6 aromatic heterocycles. The van der Waals surface area contributed by atoms with Crippen molar-refractivity contribution in [2.24, 2.45) is 0 Å². The van der Waals surface area contributed by atoms with E-state index in [1.54, 1.807) is 0 Å². The summed E-state index contributed by atoms with van der Waals surface area (Å²) in [6.07, 6.45) is 0. The number of aromatic nitrogens is 6. The van der Waals surface area contributed by atoms with E-state index in [0.717, 1.165) is 82.6 Å². The second kappa shape index (κ2) is 26.0. The van der Waals surface area contributed by atoms with Gasteiger partial charge < -0.3 is 18.1 Å². The molecule has 0 N–H and O–H groups in total. The SMILES string of the molecule is Brc1cccc(-c2nc(-c3ccc(-c4ccccc4)cc3)c3ccccc3n2)c1.C.CC1(C)OB(c2cc3c4ccccc4n4c5ccccc5c(c2)c34)OC1(C)C.c1ccc(-c2ccc(-c3nc(-c4cccc(-c5cc6c7ccccc7n7c8ccccc8c(c5)c67)c4)nc4ccccc34)cc2)cc1. The average molecular weight is 1420 g/mol. The Morgan fingerprint density at radius 2 is 0.600 bits per heavy atom. The Hall–Kier alpha value is -12.2. The molecule has 10 heteroatoms. The highest BCUT2D eigenvalue weighted by molar-refractivity contribution is 9.10. The van der Waals surface area contributed by atoms with Crippen LogP contribution in [0.5, 0.6) is 0 Å². The lowest BCUT2D eigenvalue weighted by atomic mass is 9.77. The van der Waals surface area contributed by atoms with Crippen LogP contribution in [0.3, 0.4) is 0 Å². The highest BCUT2D eigenvalue weighted by Crippen LogP contribution is 2.45. The van der Waals surface area contributed by atoms with Gasteiger partial charge in [0.2, 0.25) is 0 Å². The Bertz CT molecular complexity index is 6510. The minimum absolute atomic E-state index is 0. The Balaban J connectivity index is 0.000000117. The van der Waals surface area contributed by atoms with E-state index in [1.807, 2.05) is 60.7 Å². The molecule has 0 radical (unpaired) electrons. The summed E-state index contributed by atoms with van der Waals surface area (Å²) < 4.78 is 18.6. The molecule has 1 saturated heterocycles. The first-order chi connectivity index (χ1) is 50.9. The Labute approximate surface area is 617 Å². The van der Waals surface area contributed by atoms with Crippen LogP contribution in [0.25, 0.3) is 177 Å². The maximum atomic E-state index is 6.36. The molecule has 0 atom stereocenters. The number of halogens is 1. The lowest BCUT2D eigenvalue weighted by Crippen LogP contribution is -2.41. The van der Waals surface area contributed by atoms with E-state index >= 15 is 0 Å². The quantitative estimate of drug-likeness (QED) is 0.141. The van der Waals surface area contributed by atoms with Crippen LogP contribution in [-0.2, 0) is 9.31 Å². The molecule has 105 heavy (non-hydrogen) atoms. The Kier molecular flexibility index (Phi) is 16.0. The van der Waals surface area contributed by atoms with Crippen LogP contribution >= 0.6 is 15.9 Å². The van der Waals surface area contributed by atoms with Crippen molar-refractivity contribution >= 4 is 127 Å². The summed E-state index contributed by atoms with van der Waals surface area (Å²) >= 11 is 3.55. The molecule has 0 aliphatic carbocycles. The maximum Gasteiger partial charge on any atom is 0.494 e. The van der Waals surface area contributed by atoms with Gasteiger partial charge in [-0.25, -0.2) is 19.9 Å². The van der Waals surface area contributed by atoms with Crippen molar-refractivity contribution in [1.82, 2.24) is 28.7 Å². The summed E-state index contributed by atoms with van der Waals surface area (Å²) in [5.74, 6) is 1.45. The van der Waals surface area contributed by atoms with Gasteiger partial charge >= 0.3 is 7.12 Å². The van der Waals surface area contributed by atoms with Gasteiger partial charge in [0.25, 0.3) is 0 Å². The second-order valence-electron chi connectivity index (χ2n) is 28.0. The smallest absolute Gasteiger partial charge is 0.399 e. The van der Waals surface area contributed by atoms with Crippen LogP contribution in [0, 0.1) is 0 Å². The Morgan fingerprint density at radius 3 is 1.02 bits per heavy atom. The van der Waals surface area contributed by atoms with Crippen molar-refractivity contribution in [1.29, 1.82) is 0 Å². The number of benzene rings is 14. The minimum atomic E-state index is -0.361. The number of hydrogen-bond acceptors (Lipinski definition) is 6. The summed E-state index contributed by atoms with van der Waals surface area (Å²) in [7, 11) is -0.361. The molecule has 1 fully saturated rings. The van der Waals surface area contributed by atoms with Crippen molar-refractivity contribution < 1.29 is 9.31 Å². The largest absolute Gasteiger partial charge is 0.494 e. The van der Waals surface area contributed by atoms with Crippen molar-refractivity contribution in [3.05, 3.63) is 332 Å². The third-order valence-corrected chi connectivity index (χ3v) is 21.7. The van der Waals surface area contributed by atoms with E-state index in [9.17, 15) is 0 Å². The van der Waals surface area contributed by atoms with Gasteiger partial charge in [0.15, 0.2) is 11.6 Å². The zero-order valence-corrected chi connectivity index (χ0v) is 59.2. The molecule has 0 amide bonds. The zero-order valence-electron chi connectivity index (χ0n) is 57.6. The zero-order chi connectivity index (χ0) is 69.8. The first kappa shape index (κ1) is 64.9. The van der Waals surface area contributed by atoms with Gasteiger partial charge in [0.05, 0.1) is 66.7 Å². The fourth-order valence-corrected chi connectivity index (χ4v) is 15.8. The number of para-hydroxylation sites is 6. The van der Waals surface area contributed by atoms with Gasteiger partial charge in [0, 0.05) is 80.6 Å². The maximum absolute atomic E-state index is 6.36. The molecule has 21 rings (SSSR count). The van der Waals surface area contributed by atoms with E-state index in [0.29, 0.717) is 0 Å². The fourth-order valence-electron chi connectivity index (χ4n) is 15.4. The topological polar surface area (TPSA) is 78.8 Å². The van der Waals surface area contributed by atoms with E-state index in [4.69, 9.17) is 29.2 Å². The van der Waals surface area contributed by atoms with E-state index < -0.39 is 0 Å². The molecular weight excluding hydrogens is 1350 g/mol. The minimum Gasteiger partial charge on any atom is -0.399 e. The molecule has 0 saturated carbocycles. The van der Waals surface area contributed by atoms with Gasteiger partial charge in [-0.15, -0.1) is 0 Å². The van der Waals surface area contributed by atoms with Crippen molar-refractivity contribution in [3.8, 4) is 78.7 Å². The van der Waals surface area contributed by atoms with Gasteiger partial charge in [-0.1, -0.05) is 284 Å². The third-order valence-electron chi connectivity index (χ3n) is 21.2. The second-order valence-corrected chi connectivity index (χ2v) is 28.9. The number of hydrogen-bond donors (Lipinski definition) is 0. The normalized spacial score (nSPS) is 13.4. The molecule has 0 unspecified atom stereocenters. The summed E-state index contributed by atoms with van der Waals surface area (Å²) in [6, 6.07) is 115. The van der Waals surface area contributed by atoms with Crippen LogP contribution < -0.4 is 5.46 Å². The molecular formula is C95H70BBrN6O2. The van der Waals surface area contributed by atoms with Crippen LogP contribution in [0.4, 0.5) is 0 Å². The van der Waals surface area contributed by atoms with Gasteiger partial charge in [-0.2, -0.15) is 0 Å². The molecule has 502 valence electrons. The van der Waals surface area contributed by atoms with Crippen molar-refractivity contribution in [2.75, 3.05) is 0 Å². The van der Waals surface area contributed by atoms with Gasteiger partial charge in [0.1, 0.15) is 0 Å². The van der Waals surface area contributed by atoms with Crippen LogP contribution in [0.15, 0.2) is 332 Å². The summed E-state index contributed by atoms with van der Waals surface area (Å²) in [5, 5.41) is 12.3. The van der Waals surface area contributed by atoms with Gasteiger partial charge in [-0.3, -0.25) is 0 Å². The standard InChI is InChI=1S/C44H27N3.C26H17BrN2.C24H22BNO2.CH4/c1-2-11-28(12-3-1)29-21-23-30(24-22-29)42-36-17-4-7-18-39(36)45-44(46-42)32-14-10-13-31(25-32)33-26-37-34-15-5-8-19-40(34)47-41-20-9-6-16-35(41)38(27-33)43(37)47;27-22-10-6-9-21(17-22)26-28-24-12-5-4-11-23(24)25(29-26)20-15-13-19(14-16-20)18-7-2-1-3-8-18;1-23(2)24(3,4)28-25(27-23)15-13-18-16-9-5-7-11-20(16)26-21-12-8-6-10-17(21)19(14-15)22(18)26;/h1-27H;1-17H;5-14H,1-4H3;1H4. The monoisotopic (exact) mass is 1420 g/mol. The summed E-state index contributed by atoms with van der Waals surface area (Å²) in [6.45, 7) is 8.41. The van der Waals surface area contributed by atoms with E-state index in [2.05, 4.69) is 319 Å². The first-order valence-electron chi connectivity index (χ1n) is 35.4. The predicted molar refractivity (Wildman–Crippen MR) is 443 cm³/mol. The predicted octanol–water partition coefficient (Wildman–Crippen LogP) is 24.6. The summed E-state index contributed by atoms with van der Waals surface area (Å²) in [5.41, 5.74) is 23.0. The van der Waals surface area contributed by atoms with E-state index in [1.165, 1.54) is 104 Å². The molecule has 20 aromatic rings. The molecule has 14 aromatic carbocycles. The number of fused-ring (bicyclic) bond motifs is 14. The van der Waals surface area contributed by atoms with Gasteiger partial charge in [-0.05, 0) is 133 Å². The third kappa shape index (κ3) is 11.2. The van der Waals surface area contributed by atoms with Crippen molar-refractivity contribution in [3.63, 3.8) is 0 Å². The fraction of sp³-hybridized carbons (Fsp3) is 0.0737. The average Bonchev–Trinajstić information content (AvgIpc) is 1.55. The number of rotatable bonds is 8. The lowest BCUT2D eigenvalue weighted by Gasteiger charge is -2.32. The number of nitrogens with zero attached hydrogens (tertiary/aromatic N) is 6. The molecule has 0 bridgehead atoms. The van der Waals surface area contributed by atoms with Crippen molar-refractivity contribution in [2.45, 2.75) is 46.3 Å². The summed E-state index contributed by atoms with van der Waals surface area (Å²) in [4.78, 5) is 20.0. The van der Waals surface area contributed by atoms with Crippen LogP contribution in [0.1, 0.15) is 35.1 Å². The molecule has 7 heterocycles. The molecule has 8 nitrogen and oxygen atoms in total. The highest BCUT2D eigenvalue weighted by Gasteiger charge is 2.52. The van der Waals surface area contributed by atoms with Crippen LogP contribution in [-0.4, -0.2) is 47.1 Å². The molecule has 1 aliphatic heterocycles. The highest BCUT2D eigenvalue weighted by atomic mass is 79.9. The molecule has 1 aliphatic rings. The van der Waals surface area contributed by atoms with E-state index in [-0.39, 0.29) is 25.7 Å². The van der Waals surface area contributed by atoms with Crippen LogP contribution in [0.2, 0.25) is 0 Å². The Morgan fingerprint density at radius 1 is 0.276 bits per heavy atom. The lowest BCUT2D eigenvalue weighted by molar-refractivity contribution is 0.00578. The first-order valence-corrected chi connectivity index (χ1v) is 36.2. The molecule has 0 spiro atoms.